The monoisotopic (exact) mass is 287 g/mol. The minimum atomic E-state index is 0.774. The Morgan fingerprint density at radius 2 is 2.15 bits per heavy atom. The first-order valence-corrected chi connectivity index (χ1v) is 5.82. The van der Waals surface area contributed by atoms with E-state index in [0.29, 0.717) is 0 Å². The normalized spacial score (nSPS) is 26.0. The first kappa shape index (κ1) is 9.46. The van der Waals surface area contributed by atoms with Crippen molar-refractivity contribution >= 4 is 22.6 Å². The molecule has 0 unspecified atom stereocenters. The summed E-state index contributed by atoms with van der Waals surface area (Å²) in [6.45, 7) is 3.32. The van der Waals surface area contributed by atoms with Crippen LogP contribution in [0, 0.1) is 9.49 Å². The van der Waals surface area contributed by atoms with E-state index < -0.39 is 0 Å². The highest BCUT2D eigenvalue weighted by molar-refractivity contribution is 14.1. The highest BCUT2D eigenvalue weighted by atomic mass is 127. The van der Waals surface area contributed by atoms with Crippen LogP contribution >= 0.6 is 22.6 Å². The molecule has 0 spiro atoms. The van der Waals surface area contributed by atoms with E-state index in [2.05, 4.69) is 59.1 Å². The van der Waals surface area contributed by atoms with Crippen LogP contribution in [-0.4, -0.2) is 6.04 Å². The molecule has 2 heteroatoms. The lowest BCUT2D eigenvalue weighted by Crippen LogP contribution is -2.17. The predicted molar refractivity (Wildman–Crippen MR) is 63.6 cm³/mol. The van der Waals surface area contributed by atoms with E-state index in [1.54, 1.807) is 0 Å². The molecular weight excluding hydrogens is 273 g/mol. The van der Waals surface area contributed by atoms with Gasteiger partial charge in [0, 0.05) is 16.2 Å². The summed E-state index contributed by atoms with van der Waals surface area (Å²) in [7, 11) is 0. The van der Waals surface area contributed by atoms with Crippen molar-refractivity contribution in [1.29, 1.82) is 0 Å². The van der Waals surface area contributed by atoms with Crippen LogP contribution in [0.15, 0.2) is 24.3 Å². The first-order chi connectivity index (χ1) is 6.27. The fourth-order valence-electron chi connectivity index (χ4n) is 1.49. The lowest BCUT2D eigenvalue weighted by atomic mass is 10.2. The number of benzene rings is 1. The Bertz CT molecular complexity index is 298. The maximum absolute atomic E-state index is 3.56. The van der Waals surface area contributed by atoms with Gasteiger partial charge in [-0.1, -0.05) is 25.1 Å². The van der Waals surface area contributed by atoms with Crippen molar-refractivity contribution in [3.8, 4) is 0 Å². The van der Waals surface area contributed by atoms with Gasteiger partial charge in [0.25, 0.3) is 0 Å². The summed E-state index contributed by atoms with van der Waals surface area (Å²) in [5, 5.41) is 3.56. The molecule has 1 fully saturated rings. The fourth-order valence-corrected chi connectivity index (χ4v) is 2.07. The fraction of sp³-hybridized carbons (Fsp3) is 0.455. The molecule has 1 N–H and O–H groups in total. The molecule has 1 nitrogen and oxygen atoms in total. The van der Waals surface area contributed by atoms with Gasteiger partial charge in [-0.25, -0.2) is 0 Å². The summed E-state index contributed by atoms with van der Waals surface area (Å²) < 4.78 is 1.36. The van der Waals surface area contributed by atoms with Gasteiger partial charge in [-0.2, -0.15) is 0 Å². The largest absolute Gasteiger partial charge is 0.310 e. The molecule has 2 atom stereocenters. The second-order valence-electron chi connectivity index (χ2n) is 3.79. The van der Waals surface area contributed by atoms with Crippen molar-refractivity contribution in [3.63, 3.8) is 0 Å². The summed E-state index contributed by atoms with van der Waals surface area (Å²) >= 11 is 2.39. The molecule has 0 aliphatic heterocycles. The second-order valence-corrected chi connectivity index (χ2v) is 4.95. The zero-order chi connectivity index (χ0) is 9.26. The van der Waals surface area contributed by atoms with Gasteiger partial charge in [-0.05, 0) is 46.6 Å². The Labute approximate surface area is 93.1 Å². The summed E-state index contributed by atoms with van der Waals surface area (Å²) in [4.78, 5) is 0. The number of rotatable bonds is 3. The number of hydrogen-bond donors (Lipinski definition) is 1. The van der Waals surface area contributed by atoms with Crippen LogP contribution < -0.4 is 5.32 Å². The van der Waals surface area contributed by atoms with Crippen molar-refractivity contribution in [2.75, 3.05) is 0 Å². The zero-order valence-electron chi connectivity index (χ0n) is 7.76. The Hall–Kier alpha value is -0.0900. The minimum absolute atomic E-state index is 0.774. The molecule has 0 amide bonds. The van der Waals surface area contributed by atoms with Gasteiger partial charge in [0.1, 0.15) is 0 Å². The standard InChI is InChI=1S/C11H14IN/c1-8-6-11(8)13-7-9-4-2-3-5-10(9)12/h2-5,8,11,13H,6-7H2,1H3/t8-,11-/m1/s1. The van der Waals surface area contributed by atoms with Crippen molar-refractivity contribution in [1.82, 2.24) is 5.32 Å². The SMILES string of the molecule is C[C@@H]1C[C@H]1NCc1ccccc1I. The van der Waals surface area contributed by atoms with Gasteiger partial charge in [0.15, 0.2) is 0 Å². The summed E-state index contributed by atoms with van der Waals surface area (Å²) in [5.74, 6) is 0.890. The molecule has 2 rings (SSSR count). The van der Waals surface area contributed by atoms with E-state index >= 15 is 0 Å². The number of hydrogen-bond acceptors (Lipinski definition) is 1. The minimum Gasteiger partial charge on any atom is -0.310 e. The van der Waals surface area contributed by atoms with Gasteiger partial charge in [0.05, 0.1) is 0 Å². The van der Waals surface area contributed by atoms with Crippen molar-refractivity contribution < 1.29 is 0 Å². The quantitative estimate of drug-likeness (QED) is 0.843. The molecule has 1 aliphatic rings. The Morgan fingerprint density at radius 1 is 1.46 bits per heavy atom. The van der Waals surface area contributed by atoms with E-state index in [0.717, 1.165) is 18.5 Å². The molecule has 0 saturated heterocycles. The second kappa shape index (κ2) is 3.96. The molecule has 1 aromatic carbocycles. The average molecular weight is 287 g/mol. The van der Waals surface area contributed by atoms with Gasteiger partial charge >= 0.3 is 0 Å². The third kappa shape index (κ3) is 2.44. The highest BCUT2D eigenvalue weighted by Gasteiger charge is 2.31. The third-order valence-electron chi connectivity index (χ3n) is 2.62. The molecule has 1 aromatic rings. The van der Waals surface area contributed by atoms with Crippen LogP contribution in [0.4, 0.5) is 0 Å². The van der Waals surface area contributed by atoms with Crippen LogP contribution in [-0.2, 0) is 6.54 Å². The first-order valence-electron chi connectivity index (χ1n) is 4.74. The van der Waals surface area contributed by atoms with E-state index in [1.807, 2.05) is 0 Å². The van der Waals surface area contributed by atoms with Gasteiger partial charge in [-0.15, -0.1) is 0 Å². The van der Waals surface area contributed by atoms with E-state index in [9.17, 15) is 0 Å². The molecule has 1 aliphatic carbocycles. The Morgan fingerprint density at radius 3 is 2.77 bits per heavy atom. The van der Waals surface area contributed by atoms with E-state index in [-0.39, 0.29) is 0 Å². The molecule has 0 radical (unpaired) electrons. The van der Waals surface area contributed by atoms with Gasteiger partial charge in [0.2, 0.25) is 0 Å². The molecule has 0 heterocycles. The lowest BCUT2D eigenvalue weighted by Gasteiger charge is -2.05. The van der Waals surface area contributed by atoms with Crippen molar-refractivity contribution in [3.05, 3.63) is 33.4 Å². The number of halogens is 1. The van der Waals surface area contributed by atoms with Crippen LogP contribution in [0.1, 0.15) is 18.9 Å². The van der Waals surface area contributed by atoms with E-state index in [1.165, 1.54) is 15.6 Å². The number of nitrogens with one attached hydrogen (secondary N) is 1. The maximum atomic E-state index is 3.56. The smallest absolute Gasteiger partial charge is 0.0218 e. The summed E-state index contributed by atoms with van der Waals surface area (Å²) in [6.07, 6.45) is 1.35. The van der Waals surface area contributed by atoms with Crippen LogP contribution in [0.25, 0.3) is 0 Å². The van der Waals surface area contributed by atoms with Crippen LogP contribution in [0.5, 0.6) is 0 Å². The average Bonchev–Trinajstić information content (AvgIpc) is 2.81. The maximum Gasteiger partial charge on any atom is 0.0218 e. The molecular formula is C11H14IN. The molecule has 0 aromatic heterocycles. The van der Waals surface area contributed by atoms with Crippen molar-refractivity contribution in [2.24, 2.45) is 5.92 Å². The third-order valence-corrected chi connectivity index (χ3v) is 3.67. The van der Waals surface area contributed by atoms with E-state index in [4.69, 9.17) is 0 Å². The van der Waals surface area contributed by atoms with Crippen molar-refractivity contribution in [2.45, 2.75) is 25.9 Å². The molecule has 0 bridgehead atoms. The predicted octanol–water partition coefficient (Wildman–Crippen LogP) is 2.79. The Balaban J connectivity index is 1.90. The van der Waals surface area contributed by atoms with Gasteiger partial charge < -0.3 is 5.32 Å². The van der Waals surface area contributed by atoms with Crippen LogP contribution in [0.3, 0.4) is 0 Å². The topological polar surface area (TPSA) is 12.0 Å². The summed E-state index contributed by atoms with van der Waals surface area (Å²) in [6, 6.07) is 9.33. The highest BCUT2D eigenvalue weighted by Crippen LogP contribution is 2.29. The molecule has 13 heavy (non-hydrogen) atoms. The molecule has 70 valence electrons. The van der Waals surface area contributed by atoms with Gasteiger partial charge in [-0.3, -0.25) is 0 Å². The zero-order valence-corrected chi connectivity index (χ0v) is 9.91. The molecule has 1 saturated carbocycles. The lowest BCUT2D eigenvalue weighted by molar-refractivity contribution is 0.651. The van der Waals surface area contributed by atoms with Crippen LogP contribution in [0.2, 0.25) is 0 Å². The Kier molecular flexibility index (Phi) is 2.89. The summed E-state index contributed by atoms with van der Waals surface area (Å²) in [5.41, 5.74) is 1.42.